The predicted molar refractivity (Wildman–Crippen MR) is 264 cm³/mol. The molecular formula is C58H48N2O4. The standard InChI is InChI=1S/C58H48N2O4/c1-5-61-51-31-27-37-17-9-13-21-43(37)53(51)55-45-23-15-11-19-39(45)33-47(57(55)63-7-3)41-25-29-49(59-35-41)50-30-26-42(36-60-50)48-34-40-20-12-16-24-46(40)56(58(48)64-8-4)54-44-22-14-10-18-38(44)28-32-52(54)62-6-2/h9-36H,5-8H2,1-4H3. The minimum atomic E-state index is 0.494. The average Bonchev–Trinajstić information content (AvgIpc) is 3.34. The first-order chi connectivity index (χ1) is 31.6. The fourth-order valence-corrected chi connectivity index (χ4v) is 9.15. The summed E-state index contributed by atoms with van der Waals surface area (Å²) in [7, 11) is 0. The van der Waals surface area contributed by atoms with Gasteiger partial charge in [0.2, 0.25) is 0 Å². The summed E-state index contributed by atoms with van der Waals surface area (Å²) in [5.74, 6) is 3.24. The molecular weight excluding hydrogens is 789 g/mol. The molecule has 0 atom stereocenters. The van der Waals surface area contributed by atoms with Crippen LogP contribution in [0.1, 0.15) is 27.7 Å². The van der Waals surface area contributed by atoms with E-state index in [1.807, 2.05) is 52.2 Å². The summed E-state index contributed by atoms with van der Waals surface area (Å²) in [6.45, 7) is 10.2. The van der Waals surface area contributed by atoms with Crippen LogP contribution in [0.25, 0.3) is 99.0 Å². The largest absolute Gasteiger partial charge is 0.493 e. The van der Waals surface area contributed by atoms with Crippen molar-refractivity contribution in [3.05, 3.63) is 170 Å². The van der Waals surface area contributed by atoms with Crippen LogP contribution in [0.15, 0.2) is 170 Å². The molecule has 0 unspecified atom stereocenters. The van der Waals surface area contributed by atoms with E-state index in [4.69, 9.17) is 28.9 Å². The van der Waals surface area contributed by atoms with E-state index >= 15 is 0 Å². The smallest absolute Gasteiger partial charge is 0.135 e. The first-order valence-electron chi connectivity index (χ1n) is 22.2. The van der Waals surface area contributed by atoms with Crippen LogP contribution in [-0.2, 0) is 0 Å². The number of hydrogen-bond donors (Lipinski definition) is 0. The number of rotatable bonds is 13. The van der Waals surface area contributed by atoms with E-state index < -0.39 is 0 Å². The maximum atomic E-state index is 6.65. The predicted octanol–water partition coefficient (Wildman–Crippen LogP) is 15.0. The molecule has 6 heteroatoms. The summed E-state index contributed by atoms with van der Waals surface area (Å²) >= 11 is 0. The van der Waals surface area contributed by atoms with Gasteiger partial charge >= 0.3 is 0 Å². The Balaban J connectivity index is 1.08. The van der Waals surface area contributed by atoms with Crippen LogP contribution in [0.5, 0.6) is 23.0 Å². The Kier molecular flexibility index (Phi) is 11.1. The van der Waals surface area contributed by atoms with Gasteiger partial charge in [-0.1, -0.05) is 121 Å². The summed E-state index contributed by atoms with van der Waals surface area (Å²) < 4.78 is 26.0. The lowest BCUT2D eigenvalue weighted by Crippen LogP contribution is -2.01. The molecule has 0 aliphatic heterocycles. The molecule has 10 rings (SSSR count). The van der Waals surface area contributed by atoms with Gasteiger partial charge in [0.25, 0.3) is 0 Å². The molecule has 0 saturated heterocycles. The van der Waals surface area contributed by atoms with Crippen LogP contribution < -0.4 is 18.9 Å². The van der Waals surface area contributed by atoms with Gasteiger partial charge in [-0.2, -0.15) is 0 Å². The van der Waals surface area contributed by atoms with Crippen LogP contribution in [0.4, 0.5) is 0 Å². The summed E-state index contributed by atoms with van der Waals surface area (Å²) in [5.41, 5.74) is 9.40. The van der Waals surface area contributed by atoms with Gasteiger partial charge in [0.15, 0.2) is 0 Å². The van der Waals surface area contributed by atoms with Gasteiger partial charge in [-0.3, -0.25) is 9.97 Å². The molecule has 10 aromatic rings. The van der Waals surface area contributed by atoms with Crippen molar-refractivity contribution < 1.29 is 18.9 Å². The fourth-order valence-electron chi connectivity index (χ4n) is 9.15. The third kappa shape index (κ3) is 7.21. The lowest BCUT2D eigenvalue weighted by atomic mass is 9.88. The molecule has 0 spiro atoms. The Morgan fingerprint density at radius 2 is 0.703 bits per heavy atom. The number of pyridine rings is 2. The maximum absolute atomic E-state index is 6.65. The minimum absolute atomic E-state index is 0.494. The van der Waals surface area contributed by atoms with Gasteiger partial charge in [-0.15, -0.1) is 0 Å². The van der Waals surface area contributed by atoms with E-state index in [9.17, 15) is 0 Å². The van der Waals surface area contributed by atoms with E-state index in [1.54, 1.807) is 0 Å². The molecule has 2 heterocycles. The molecule has 0 amide bonds. The lowest BCUT2D eigenvalue weighted by Gasteiger charge is -2.22. The maximum Gasteiger partial charge on any atom is 0.135 e. The van der Waals surface area contributed by atoms with Gasteiger partial charge in [-0.25, -0.2) is 0 Å². The van der Waals surface area contributed by atoms with Gasteiger partial charge < -0.3 is 18.9 Å². The minimum Gasteiger partial charge on any atom is -0.493 e. The summed E-state index contributed by atoms with van der Waals surface area (Å²) in [5, 5.41) is 8.89. The molecule has 0 bridgehead atoms. The van der Waals surface area contributed by atoms with E-state index in [0.717, 1.165) is 122 Å². The molecule has 6 nitrogen and oxygen atoms in total. The van der Waals surface area contributed by atoms with Crippen molar-refractivity contribution in [1.29, 1.82) is 0 Å². The normalized spacial score (nSPS) is 11.4. The molecule has 0 aliphatic rings. The van der Waals surface area contributed by atoms with Crippen LogP contribution in [0.2, 0.25) is 0 Å². The third-order valence-electron chi connectivity index (χ3n) is 11.9. The number of ether oxygens (including phenoxy) is 4. The van der Waals surface area contributed by atoms with Crippen molar-refractivity contribution in [2.24, 2.45) is 0 Å². The average molecular weight is 837 g/mol. The highest BCUT2D eigenvalue weighted by molar-refractivity contribution is 6.13. The molecule has 2 aromatic heterocycles. The Bertz CT molecular complexity index is 3100. The second kappa shape index (κ2) is 17.6. The molecule has 0 aliphatic carbocycles. The van der Waals surface area contributed by atoms with Gasteiger partial charge in [0.1, 0.15) is 23.0 Å². The van der Waals surface area contributed by atoms with Crippen molar-refractivity contribution in [3.63, 3.8) is 0 Å². The molecule has 0 saturated carbocycles. The molecule has 0 radical (unpaired) electrons. The third-order valence-corrected chi connectivity index (χ3v) is 11.9. The second-order valence-electron chi connectivity index (χ2n) is 15.6. The SMILES string of the molecule is CCOc1ccc2ccccc2c1-c1c(OCC)c(-c2ccc(-c3ccc(-c4cc5ccccc5c(-c5c(OCC)ccc6ccccc56)c4OCC)cn3)nc2)cc2ccccc12. The zero-order valence-electron chi connectivity index (χ0n) is 36.5. The van der Waals surface area contributed by atoms with Crippen molar-refractivity contribution in [2.75, 3.05) is 26.4 Å². The summed E-state index contributed by atoms with van der Waals surface area (Å²) in [4.78, 5) is 10.0. The van der Waals surface area contributed by atoms with E-state index in [1.165, 1.54) is 0 Å². The highest BCUT2D eigenvalue weighted by Gasteiger charge is 2.25. The van der Waals surface area contributed by atoms with Crippen LogP contribution >= 0.6 is 0 Å². The highest BCUT2D eigenvalue weighted by Crippen LogP contribution is 2.51. The molecule has 0 N–H and O–H groups in total. The zero-order chi connectivity index (χ0) is 43.6. The first-order valence-corrected chi connectivity index (χ1v) is 22.2. The topological polar surface area (TPSA) is 62.7 Å². The summed E-state index contributed by atoms with van der Waals surface area (Å²) in [6, 6.07) is 55.1. The van der Waals surface area contributed by atoms with Gasteiger partial charge in [-0.05, 0) is 107 Å². The Hall–Kier alpha value is -7.70. The Morgan fingerprint density at radius 3 is 1.06 bits per heavy atom. The van der Waals surface area contributed by atoms with Crippen LogP contribution in [0, 0.1) is 0 Å². The van der Waals surface area contributed by atoms with E-state index in [0.29, 0.717) is 26.4 Å². The van der Waals surface area contributed by atoms with Crippen molar-refractivity contribution in [3.8, 4) is 78.9 Å². The molecule has 64 heavy (non-hydrogen) atoms. The fraction of sp³-hybridized carbons (Fsp3) is 0.138. The molecule has 0 fully saturated rings. The molecule has 314 valence electrons. The second-order valence-corrected chi connectivity index (χ2v) is 15.6. The van der Waals surface area contributed by atoms with E-state index in [2.05, 4.69) is 146 Å². The van der Waals surface area contributed by atoms with Crippen molar-refractivity contribution in [1.82, 2.24) is 9.97 Å². The van der Waals surface area contributed by atoms with Crippen LogP contribution in [-0.4, -0.2) is 36.4 Å². The monoisotopic (exact) mass is 836 g/mol. The van der Waals surface area contributed by atoms with Crippen molar-refractivity contribution >= 4 is 43.1 Å². The van der Waals surface area contributed by atoms with Crippen LogP contribution in [0.3, 0.4) is 0 Å². The Labute approximate surface area is 373 Å². The molecule has 8 aromatic carbocycles. The zero-order valence-corrected chi connectivity index (χ0v) is 36.5. The number of aromatic nitrogens is 2. The number of benzene rings is 8. The van der Waals surface area contributed by atoms with Gasteiger partial charge in [0.05, 0.1) is 37.8 Å². The lowest BCUT2D eigenvalue weighted by molar-refractivity contribution is 0.338. The number of fused-ring (bicyclic) bond motifs is 4. The quantitative estimate of drug-likeness (QED) is 0.115. The Morgan fingerprint density at radius 1 is 0.344 bits per heavy atom. The van der Waals surface area contributed by atoms with E-state index in [-0.39, 0.29) is 0 Å². The number of hydrogen-bond acceptors (Lipinski definition) is 6. The van der Waals surface area contributed by atoms with Crippen molar-refractivity contribution in [2.45, 2.75) is 27.7 Å². The van der Waals surface area contributed by atoms with Gasteiger partial charge in [0, 0.05) is 56.9 Å². The number of nitrogens with zero attached hydrogens (tertiary/aromatic N) is 2. The highest BCUT2D eigenvalue weighted by atomic mass is 16.5. The summed E-state index contributed by atoms with van der Waals surface area (Å²) in [6.07, 6.45) is 3.85. The first kappa shape index (κ1) is 40.4.